The molecule has 0 radical (unpaired) electrons. The highest BCUT2D eigenvalue weighted by Gasteiger charge is 2.21. The zero-order chi connectivity index (χ0) is 19.1. The van der Waals surface area contributed by atoms with Gasteiger partial charge in [-0.15, -0.1) is 0 Å². The van der Waals surface area contributed by atoms with E-state index in [9.17, 15) is 0 Å². The van der Waals surface area contributed by atoms with Gasteiger partial charge in [-0.3, -0.25) is 9.89 Å². The van der Waals surface area contributed by atoms with Gasteiger partial charge in [0.2, 0.25) is 0 Å². The van der Waals surface area contributed by atoms with Crippen LogP contribution in [0.1, 0.15) is 25.0 Å². The number of benzene rings is 1. The number of guanidine groups is 1. The van der Waals surface area contributed by atoms with Crippen molar-refractivity contribution in [2.75, 3.05) is 53.0 Å². The third kappa shape index (κ3) is 6.11. The van der Waals surface area contributed by atoms with Crippen molar-refractivity contribution in [3.63, 3.8) is 0 Å². The van der Waals surface area contributed by atoms with Gasteiger partial charge in [0.05, 0.1) is 19.3 Å². The van der Waals surface area contributed by atoms with Crippen molar-refractivity contribution in [3.05, 3.63) is 29.3 Å². The molecule has 1 fully saturated rings. The molecule has 6 nitrogen and oxygen atoms in total. The van der Waals surface area contributed by atoms with Crippen LogP contribution in [0.15, 0.2) is 23.2 Å². The molecule has 1 atom stereocenters. The van der Waals surface area contributed by atoms with Crippen LogP contribution in [-0.2, 0) is 17.6 Å². The summed E-state index contributed by atoms with van der Waals surface area (Å²) in [6.45, 7) is 10.9. The molecule has 0 saturated carbocycles. The minimum absolute atomic E-state index is 0.216. The first-order chi connectivity index (χ1) is 13.1. The lowest BCUT2D eigenvalue weighted by atomic mass is 10.1. The first-order valence-electron chi connectivity index (χ1n) is 10.2. The Morgan fingerprint density at radius 2 is 2.19 bits per heavy atom. The molecular weight excluding hydrogens is 340 g/mol. The van der Waals surface area contributed by atoms with E-state index in [0.717, 1.165) is 70.5 Å². The monoisotopic (exact) mass is 374 g/mol. The fourth-order valence-corrected chi connectivity index (χ4v) is 3.74. The van der Waals surface area contributed by atoms with E-state index in [1.165, 1.54) is 11.1 Å². The van der Waals surface area contributed by atoms with Crippen molar-refractivity contribution in [2.45, 2.75) is 32.8 Å². The van der Waals surface area contributed by atoms with Crippen LogP contribution in [0, 0.1) is 5.92 Å². The summed E-state index contributed by atoms with van der Waals surface area (Å²) in [5.74, 6) is 2.57. The Morgan fingerprint density at radius 1 is 1.30 bits per heavy atom. The maximum absolute atomic E-state index is 5.90. The minimum Gasteiger partial charge on any atom is -0.493 e. The highest BCUT2D eigenvalue weighted by molar-refractivity contribution is 5.79. The smallest absolute Gasteiger partial charge is 0.191 e. The van der Waals surface area contributed by atoms with E-state index in [1.54, 1.807) is 0 Å². The molecule has 0 bridgehead atoms. The van der Waals surface area contributed by atoms with Crippen LogP contribution in [0.4, 0.5) is 0 Å². The maximum Gasteiger partial charge on any atom is 0.191 e. The molecule has 2 heterocycles. The van der Waals surface area contributed by atoms with Crippen molar-refractivity contribution in [2.24, 2.45) is 10.9 Å². The van der Waals surface area contributed by atoms with Gasteiger partial charge in [0, 0.05) is 46.2 Å². The third-order valence-corrected chi connectivity index (χ3v) is 5.03. The second-order valence-electron chi connectivity index (χ2n) is 7.82. The Balaban J connectivity index is 1.38. The number of nitrogens with zero attached hydrogens (tertiary/aromatic N) is 2. The quantitative estimate of drug-likeness (QED) is 0.562. The third-order valence-electron chi connectivity index (χ3n) is 5.03. The van der Waals surface area contributed by atoms with E-state index in [1.807, 2.05) is 7.05 Å². The topological polar surface area (TPSA) is 58.1 Å². The highest BCUT2D eigenvalue weighted by Crippen LogP contribution is 2.25. The van der Waals surface area contributed by atoms with Crippen molar-refractivity contribution >= 4 is 5.96 Å². The van der Waals surface area contributed by atoms with E-state index in [0.29, 0.717) is 5.92 Å². The molecule has 6 heteroatoms. The number of aliphatic imine (C=N–C) groups is 1. The molecular formula is C21H34N4O2. The largest absolute Gasteiger partial charge is 0.493 e. The summed E-state index contributed by atoms with van der Waals surface area (Å²) in [6, 6.07) is 6.51. The van der Waals surface area contributed by atoms with Gasteiger partial charge in [-0.1, -0.05) is 26.0 Å². The lowest BCUT2D eigenvalue weighted by Crippen LogP contribution is -2.50. The van der Waals surface area contributed by atoms with E-state index >= 15 is 0 Å². The van der Waals surface area contributed by atoms with Gasteiger partial charge in [0.25, 0.3) is 0 Å². The fraction of sp³-hybridized carbons (Fsp3) is 0.667. The van der Waals surface area contributed by atoms with E-state index in [4.69, 9.17) is 9.47 Å². The maximum atomic E-state index is 5.90. The molecule has 2 aliphatic rings. The first kappa shape index (κ1) is 20.0. The van der Waals surface area contributed by atoms with E-state index in [2.05, 4.69) is 52.6 Å². The molecule has 27 heavy (non-hydrogen) atoms. The van der Waals surface area contributed by atoms with Crippen LogP contribution in [0.5, 0.6) is 5.75 Å². The Hall–Kier alpha value is -1.79. The predicted molar refractivity (Wildman–Crippen MR) is 110 cm³/mol. The molecule has 3 rings (SSSR count). The zero-order valence-corrected chi connectivity index (χ0v) is 17.0. The molecule has 0 aliphatic carbocycles. The molecule has 2 N–H and O–H groups in total. The summed E-state index contributed by atoms with van der Waals surface area (Å²) in [7, 11) is 1.81. The number of rotatable bonds is 7. The van der Waals surface area contributed by atoms with Crippen LogP contribution >= 0.6 is 0 Å². The molecule has 1 aromatic carbocycles. The SMILES string of the molecule is CN=C(NCCc1ccc2c(c1)CCO2)NCC1CN(CC(C)C)CCO1. The second-order valence-corrected chi connectivity index (χ2v) is 7.82. The zero-order valence-electron chi connectivity index (χ0n) is 17.0. The summed E-state index contributed by atoms with van der Waals surface area (Å²) >= 11 is 0. The molecule has 1 unspecified atom stereocenters. The van der Waals surface area contributed by atoms with Crippen LogP contribution < -0.4 is 15.4 Å². The number of nitrogens with one attached hydrogen (secondary N) is 2. The van der Waals surface area contributed by atoms with Crippen LogP contribution in [0.25, 0.3) is 0 Å². The van der Waals surface area contributed by atoms with Gasteiger partial charge in [0.1, 0.15) is 5.75 Å². The summed E-state index contributed by atoms with van der Waals surface area (Å²) < 4.78 is 11.5. The van der Waals surface area contributed by atoms with Crippen molar-refractivity contribution in [3.8, 4) is 5.75 Å². The van der Waals surface area contributed by atoms with E-state index < -0.39 is 0 Å². The first-order valence-corrected chi connectivity index (χ1v) is 10.2. The average molecular weight is 375 g/mol. The molecule has 1 aromatic rings. The Kier molecular flexibility index (Phi) is 7.35. The standard InChI is InChI=1S/C21H34N4O2/c1-16(2)14-25-9-11-26-19(15-25)13-24-21(22-3)23-8-6-17-4-5-20-18(12-17)7-10-27-20/h4-5,12,16,19H,6-11,13-15H2,1-3H3,(H2,22,23,24). The van der Waals surface area contributed by atoms with Crippen molar-refractivity contribution in [1.29, 1.82) is 0 Å². The predicted octanol–water partition coefficient (Wildman–Crippen LogP) is 1.69. The second kappa shape index (κ2) is 9.95. The molecule has 0 amide bonds. The number of morpholine rings is 1. The molecule has 2 aliphatic heterocycles. The lowest BCUT2D eigenvalue weighted by molar-refractivity contribution is -0.0284. The van der Waals surface area contributed by atoms with Gasteiger partial charge in [-0.05, 0) is 29.5 Å². The fourth-order valence-electron chi connectivity index (χ4n) is 3.74. The Labute approximate surface area is 163 Å². The number of fused-ring (bicyclic) bond motifs is 1. The number of hydrogen-bond acceptors (Lipinski definition) is 4. The highest BCUT2D eigenvalue weighted by atomic mass is 16.5. The number of hydrogen-bond donors (Lipinski definition) is 2. The van der Waals surface area contributed by atoms with Gasteiger partial charge in [-0.2, -0.15) is 0 Å². The van der Waals surface area contributed by atoms with Gasteiger partial charge >= 0.3 is 0 Å². The molecule has 150 valence electrons. The van der Waals surface area contributed by atoms with Gasteiger partial charge < -0.3 is 20.1 Å². The normalized spacial score (nSPS) is 20.4. The van der Waals surface area contributed by atoms with Crippen LogP contribution in [0.2, 0.25) is 0 Å². The summed E-state index contributed by atoms with van der Waals surface area (Å²) in [6.07, 6.45) is 2.21. The Bertz CT molecular complexity index is 633. The molecule has 0 aromatic heterocycles. The van der Waals surface area contributed by atoms with Crippen LogP contribution in [0.3, 0.4) is 0 Å². The molecule has 1 saturated heterocycles. The molecule has 0 spiro atoms. The number of ether oxygens (including phenoxy) is 2. The Morgan fingerprint density at radius 3 is 3.00 bits per heavy atom. The summed E-state index contributed by atoms with van der Waals surface area (Å²) in [5, 5.41) is 6.82. The summed E-state index contributed by atoms with van der Waals surface area (Å²) in [4.78, 5) is 6.83. The van der Waals surface area contributed by atoms with Gasteiger partial charge in [0.15, 0.2) is 5.96 Å². The minimum atomic E-state index is 0.216. The van der Waals surface area contributed by atoms with E-state index in [-0.39, 0.29) is 6.10 Å². The van der Waals surface area contributed by atoms with Crippen molar-refractivity contribution < 1.29 is 9.47 Å². The van der Waals surface area contributed by atoms with Crippen molar-refractivity contribution in [1.82, 2.24) is 15.5 Å². The van der Waals surface area contributed by atoms with Gasteiger partial charge in [-0.25, -0.2) is 0 Å². The van der Waals surface area contributed by atoms with Crippen LogP contribution in [-0.4, -0.2) is 69.9 Å². The average Bonchev–Trinajstić information content (AvgIpc) is 3.12. The lowest BCUT2D eigenvalue weighted by Gasteiger charge is -2.34. The summed E-state index contributed by atoms with van der Waals surface area (Å²) in [5.41, 5.74) is 2.66.